The van der Waals surface area contributed by atoms with Crippen molar-refractivity contribution < 1.29 is 6.85 Å². The van der Waals surface area contributed by atoms with Crippen molar-refractivity contribution in [3.63, 3.8) is 0 Å². The minimum absolute atomic E-state index is 0.140. The fraction of sp³-hybridized carbons (Fsp3) is 0.301. The highest BCUT2D eigenvalue weighted by Gasteiger charge is 2.47. The van der Waals surface area contributed by atoms with Gasteiger partial charge in [-0.3, -0.25) is 4.98 Å². The van der Waals surface area contributed by atoms with E-state index in [-0.39, 0.29) is 56.8 Å². The third-order valence-corrected chi connectivity index (χ3v) is 20.0. The van der Waals surface area contributed by atoms with Crippen LogP contribution < -0.4 is 26.2 Å². The number of hydrogen-bond acceptors (Lipinski definition) is 3. The molecule has 97 heavy (non-hydrogen) atoms. The summed E-state index contributed by atoms with van der Waals surface area (Å²) in [6.45, 7) is 47.8. The first-order valence-corrected chi connectivity index (χ1v) is 35.0. The lowest BCUT2D eigenvalue weighted by Gasteiger charge is -2.47. The fourth-order valence-electron chi connectivity index (χ4n) is 14.3. The average molecular weight is 1280 g/mol. The predicted octanol–water partition coefficient (Wildman–Crippen LogP) is 24.2. The molecule has 13 rings (SSSR count). The van der Waals surface area contributed by atoms with E-state index in [9.17, 15) is 2.74 Å². The van der Waals surface area contributed by atoms with Crippen LogP contribution in [0.4, 0.5) is 34.1 Å². The lowest BCUT2D eigenvalue weighted by molar-refractivity contribution is 0.532. The molecule has 0 spiro atoms. The van der Waals surface area contributed by atoms with Crippen LogP contribution in [0.15, 0.2) is 224 Å². The topological polar surface area (TPSA) is 19.4 Å². The second kappa shape index (κ2) is 23.9. The van der Waals surface area contributed by atoms with Crippen LogP contribution in [-0.4, -0.2) is 11.7 Å². The van der Waals surface area contributed by atoms with E-state index in [0.717, 1.165) is 129 Å². The van der Waals surface area contributed by atoms with Gasteiger partial charge in [-0.15, -0.1) is 0 Å². The normalized spacial score (nSPS) is 14.3. The van der Waals surface area contributed by atoms with Crippen molar-refractivity contribution in [2.24, 2.45) is 0 Å². The summed E-state index contributed by atoms with van der Waals surface area (Å²) in [6.07, 6.45) is 0. The van der Waals surface area contributed by atoms with Gasteiger partial charge in [0, 0.05) is 67.1 Å². The number of aromatic nitrogens is 1. The largest absolute Gasteiger partial charge is 0.310 e. The van der Waals surface area contributed by atoms with Crippen molar-refractivity contribution in [1.29, 1.82) is 0 Å². The highest BCUT2D eigenvalue weighted by atomic mass is 15.2. The van der Waals surface area contributed by atoms with Crippen LogP contribution >= 0.6 is 0 Å². The molecule has 0 unspecified atom stereocenters. The third-order valence-electron chi connectivity index (χ3n) is 20.0. The molecule has 0 N–H and O–H groups in total. The maximum Gasteiger partial charge on any atom is 0.252 e. The molecule has 3 nitrogen and oxygen atoms in total. The van der Waals surface area contributed by atoms with Crippen molar-refractivity contribution in [3.8, 4) is 66.8 Å². The van der Waals surface area contributed by atoms with Crippen LogP contribution in [0.5, 0.6) is 0 Å². The van der Waals surface area contributed by atoms with Gasteiger partial charge in [-0.25, -0.2) is 0 Å². The van der Waals surface area contributed by atoms with Crippen LogP contribution in [0.3, 0.4) is 0 Å². The Balaban J connectivity index is 1.28. The standard InChI is InChI=1S/C93H100BN3/c1-87(2,3)66-48-65(49-67(52-66)88(4,5)6)64-43-46-77-79(51-64)96(84-72(60-36-28-23-29-37-60)53-68(89(7,8)9)54-73(84)61-38-30-24-31-39-61)80-57-70(91(13,14)15)58-81-83(80)94(77)76-45-42-63(59-34-26-22-27-35-59)50-78(76)97(81)85-74(62-40-32-25-33-41-62)55-69(90(10,11)12)56-75(85)71-44-47-82(92(16,17)18)95-86(71)93(19,20)21/h22-58H,1-21H3/i22D,26D,27D,34D,35D. The Morgan fingerprint density at radius 2 is 0.660 bits per heavy atom. The summed E-state index contributed by atoms with van der Waals surface area (Å²) in [5, 5.41) is 0. The highest BCUT2D eigenvalue weighted by molar-refractivity contribution is 7.00. The first kappa shape index (κ1) is 60.4. The van der Waals surface area contributed by atoms with E-state index in [2.05, 4.69) is 343 Å². The zero-order valence-corrected chi connectivity index (χ0v) is 61.4. The summed E-state index contributed by atoms with van der Waals surface area (Å²) in [5.41, 5.74) is 26.7. The molecule has 2 aliphatic rings. The van der Waals surface area contributed by atoms with Crippen LogP contribution in [0.1, 0.15) is 191 Å². The molecule has 2 aliphatic heterocycles. The van der Waals surface area contributed by atoms with Gasteiger partial charge in [0.25, 0.3) is 6.71 Å². The predicted molar refractivity (Wildman–Crippen MR) is 422 cm³/mol. The molecule has 0 aliphatic carbocycles. The molecule has 11 aromatic rings. The van der Waals surface area contributed by atoms with Crippen LogP contribution in [0.25, 0.3) is 66.8 Å². The first-order valence-electron chi connectivity index (χ1n) is 37.5. The molecule has 10 aromatic carbocycles. The molecule has 1 aromatic heterocycles. The van der Waals surface area contributed by atoms with Crippen molar-refractivity contribution in [3.05, 3.63) is 264 Å². The van der Waals surface area contributed by atoms with E-state index in [1.54, 1.807) is 0 Å². The molecule has 0 bridgehead atoms. The number of pyridine rings is 1. The van der Waals surface area contributed by atoms with Gasteiger partial charge in [-0.05, 0) is 165 Å². The van der Waals surface area contributed by atoms with Gasteiger partial charge in [0.1, 0.15) is 0 Å². The quantitative estimate of drug-likeness (QED) is 0.141. The molecule has 0 amide bonds. The molecular weight excluding hydrogens is 1170 g/mol. The number of anilines is 6. The molecule has 0 atom stereocenters. The Labute approximate surface area is 589 Å². The minimum atomic E-state index is -0.430. The second-order valence-electron chi connectivity index (χ2n) is 34.7. The van der Waals surface area contributed by atoms with Gasteiger partial charge in [0.15, 0.2) is 0 Å². The van der Waals surface area contributed by atoms with Gasteiger partial charge >= 0.3 is 0 Å². The van der Waals surface area contributed by atoms with E-state index < -0.39 is 23.6 Å². The maximum atomic E-state index is 9.67. The zero-order chi connectivity index (χ0) is 73.6. The van der Waals surface area contributed by atoms with Crippen molar-refractivity contribution in [1.82, 2.24) is 4.98 Å². The summed E-state index contributed by atoms with van der Waals surface area (Å²) in [6, 6.07) is 71.1. The molecular formula is C93H100BN3. The van der Waals surface area contributed by atoms with E-state index >= 15 is 0 Å². The van der Waals surface area contributed by atoms with Gasteiger partial charge < -0.3 is 9.80 Å². The van der Waals surface area contributed by atoms with Crippen molar-refractivity contribution >= 4 is 57.2 Å². The highest BCUT2D eigenvalue weighted by Crippen LogP contribution is 2.56. The molecule has 0 fully saturated rings. The third kappa shape index (κ3) is 12.5. The summed E-state index contributed by atoms with van der Waals surface area (Å²) >= 11 is 0. The Kier molecular flexibility index (Phi) is 14.9. The number of hydrogen-bond donors (Lipinski definition) is 0. The zero-order valence-electron chi connectivity index (χ0n) is 66.4. The summed E-state index contributed by atoms with van der Waals surface area (Å²) in [7, 11) is 0. The van der Waals surface area contributed by atoms with E-state index in [1.165, 1.54) is 16.7 Å². The fourth-order valence-corrected chi connectivity index (χ4v) is 14.3. The van der Waals surface area contributed by atoms with Gasteiger partial charge in [0.05, 0.1) is 23.9 Å². The van der Waals surface area contributed by atoms with E-state index in [1.807, 2.05) is 6.07 Å². The SMILES string of the molecule is [2H]c1c([2H])c([2H])c(-c2ccc3c(c2)N(c2c(-c4ccccc4)cc(C(C)(C)C)cc2-c2ccc(C(C)(C)C)nc2C(C)(C)C)c2cc(C(C)(C)C)cc4c2B3c2ccc(-c3cc(C(C)(C)C)cc(C(C)(C)C)c3)cc2N4c2c(-c3ccccc3)cc(C(C)(C)C)cc2-c2ccccc2)c([2H])c1[2H]. The summed E-state index contributed by atoms with van der Waals surface area (Å²) in [4.78, 5) is 10.9. The van der Waals surface area contributed by atoms with Crippen LogP contribution in [-0.2, 0) is 37.9 Å². The number of nitrogens with zero attached hydrogens (tertiary/aromatic N) is 3. The second-order valence-corrected chi connectivity index (χ2v) is 34.7. The molecule has 3 heterocycles. The van der Waals surface area contributed by atoms with Crippen LogP contribution in [0, 0.1) is 0 Å². The molecule has 0 radical (unpaired) electrons. The lowest BCUT2D eigenvalue weighted by Crippen LogP contribution is -2.61. The number of fused-ring (bicyclic) bond motifs is 4. The molecule has 0 saturated carbocycles. The van der Waals surface area contributed by atoms with Crippen LogP contribution in [0.2, 0.25) is 0 Å². The van der Waals surface area contributed by atoms with Crippen molar-refractivity contribution in [2.75, 3.05) is 9.80 Å². The van der Waals surface area contributed by atoms with Gasteiger partial charge in [-0.1, -0.05) is 315 Å². The summed E-state index contributed by atoms with van der Waals surface area (Å²) < 4.78 is 46.5. The van der Waals surface area contributed by atoms with Crippen molar-refractivity contribution in [2.45, 2.75) is 183 Å². The maximum absolute atomic E-state index is 9.67. The molecule has 0 saturated heterocycles. The Morgan fingerprint density at radius 3 is 1.05 bits per heavy atom. The van der Waals surface area contributed by atoms with Gasteiger partial charge in [-0.2, -0.15) is 0 Å². The first-order chi connectivity index (χ1) is 47.6. The minimum Gasteiger partial charge on any atom is -0.310 e. The monoisotopic (exact) mass is 1270 g/mol. The smallest absolute Gasteiger partial charge is 0.252 e. The Bertz CT molecular complexity index is 5020. The number of benzene rings is 10. The Morgan fingerprint density at radius 1 is 0.289 bits per heavy atom. The lowest BCUT2D eigenvalue weighted by atomic mass is 9.33. The van der Waals surface area contributed by atoms with E-state index in [0.29, 0.717) is 5.56 Å². The van der Waals surface area contributed by atoms with Gasteiger partial charge in [0.2, 0.25) is 0 Å². The Hall–Kier alpha value is -8.99. The average Bonchev–Trinajstić information content (AvgIpc) is 0.684. The molecule has 4 heteroatoms. The number of rotatable bonds is 8. The molecule has 490 valence electrons. The van der Waals surface area contributed by atoms with E-state index in [4.69, 9.17) is 9.10 Å². The summed E-state index contributed by atoms with van der Waals surface area (Å²) in [5.74, 6) is 0.